The fraction of sp³-hybridized carbons (Fsp3) is 0.133. The highest BCUT2D eigenvalue weighted by Gasteiger charge is 2.31. The average molecular weight is 502 g/mol. The molecular formula is C15H10Br2F4N2O3. The van der Waals surface area contributed by atoms with E-state index in [1.807, 2.05) is 0 Å². The molecule has 2 rings (SSSR count). The lowest BCUT2D eigenvalue weighted by Crippen LogP contribution is -2.21. The fourth-order valence-corrected chi connectivity index (χ4v) is 3.34. The van der Waals surface area contributed by atoms with E-state index in [9.17, 15) is 27.5 Å². The van der Waals surface area contributed by atoms with Crippen molar-refractivity contribution in [3.8, 4) is 5.75 Å². The highest BCUT2D eigenvalue weighted by atomic mass is 79.9. The second-order valence-electron chi connectivity index (χ2n) is 4.87. The van der Waals surface area contributed by atoms with Gasteiger partial charge in [-0.3, -0.25) is 0 Å². The molecule has 0 spiro atoms. The Labute approximate surface area is 161 Å². The van der Waals surface area contributed by atoms with E-state index in [1.165, 1.54) is 6.07 Å². The van der Waals surface area contributed by atoms with Gasteiger partial charge in [-0.25, -0.2) is 9.18 Å². The number of anilines is 2. The second kappa shape index (κ2) is 8.23. The number of hydrogen-bond donors (Lipinski definition) is 3. The van der Waals surface area contributed by atoms with E-state index in [-0.39, 0.29) is 18.0 Å². The number of aliphatic hydroxyl groups is 1. The van der Waals surface area contributed by atoms with Gasteiger partial charge in [-0.15, -0.1) is 13.2 Å². The third-order valence-electron chi connectivity index (χ3n) is 2.93. The Kier molecular flexibility index (Phi) is 6.48. The number of aliphatic hydroxyl groups excluding tert-OH is 1. The molecule has 0 aliphatic heterocycles. The molecule has 0 fully saturated rings. The van der Waals surface area contributed by atoms with Gasteiger partial charge in [0.15, 0.2) is 0 Å². The molecule has 2 aromatic rings. The van der Waals surface area contributed by atoms with Crippen molar-refractivity contribution in [3.63, 3.8) is 0 Å². The summed E-state index contributed by atoms with van der Waals surface area (Å²) in [6, 6.07) is 4.49. The highest BCUT2D eigenvalue weighted by molar-refractivity contribution is 9.11. The molecule has 2 aromatic carbocycles. The van der Waals surface area contributed by atoms with Gasteiger partial charge in [-0.05, 0) is 18.2 Å². The number of carbonyl (C=O) groups is 1. The first-order chi connectivity index (χ1) is 12.1. The van der Waals surface area contributed by atoms with Gasteiger partial charge < -0.3 is 20.5 Å². The van der Waals surface area contributed by atoms with Crippen molar-refractivity contribution in [2.75, 3.05) is 10.6 Å². The van der Waals surface area contributed by atoms with E-state index in [4.69, 9.17) is 0 Å². The third-order valence-corrected chi connectivity index (χ3v) is 4.09. The number of urea groups is 1. The van der Waals surface area contributed by atoms with Crippen LogP contribution in [0.3, 0.4) is 0 Å². The van der Waals surface area contributed by atoms with Crippen LogP contribution in [0.2, 0.25) is 0 Å². The third kappa shape index (κ3) is 5.85. The van der Waals surface area contributed by atoms with Crippen LogP contribution in [0.25, 0.3) is 0 Å². The van der Waals surface area contributed by atoms with Crippen LogP contribution in [0.1, 0.15) is 5.56 Å². The molecule has 0 aromatic heterocycles. The largest absolute Gasteiger partial charge is 0.573 e. The van der Waals surface area contributed by atoms with E-state index in [1.54, 1.807) is 6.07 Å². The summed E-state index contributed by atoms with van der Waals surface area (Å²) in [5, 5.41) is 14.0. The standard InChI is InChI=1S/C15H10Br2F4N2O3/c16-7-1-12(17)11(6-24)13(2-7)23-14(25)22-9-3-8(18)4-10(5-9)26-15(19,20)21/h1-5,24H,6H2,(H2,22,23,25). The topological polar surface area (TPSA) is 70.6 Å². The lowest BCUT2D eigenvalue weighted by molar-refractivity contribution is -0.274. The zero-order valence-corrected chi connectivity index (χ0v) is 15.8. The van der Waals surface area contributed by atoms with Gasteiger partial charge >= 0.3 is 12.4 Å². The molecule has 0 unspecified atom stereocenters. The SMILES string of the molecule is O=C(Nc1cc(F)cc(OC(F)(F)F)c1)Nc1cc(Br)cc(Br)c1CO. The molecule has 0 heterocycles. The maximum Gasteiger partial charge on any atom is 0.573 e. The zero-order valence-electron chi connectivity index (χ0n) is 12.6. The Morgan fingerprint density at radius 2 is 1.81 bits per heavy atom. The Bertz CT molecular complexity index is 831. The average Bonchev–Trinajstić information content (AvgIpc) is 2.43. The number of rotatable bonds is 4. The van der Waals surface area contributed by atoms with Gasteiger partial charge in [0.25, 0.3) is 0 Å². The molecule has 5 nitrogen and oxygen atoms in total. The van der Waals surface area contributed by atoms with Crippen molar-refractivity contribution in [2.45, 2.75) is 13.0 Å². The molecule has 0 atom stereocenters. The van der Waals surface area contributed by atoms with E-state index < -0.39 is 24.0 Å². The minimum atomic E-state index is -4.99. The second-order valence-corrected chi connectivity index (χ2v) is 6.64. The molecule has 26 heavy (non-hydrogen) atoms. The summed E-state index contributed by atoms with van der Waals surface area (Å²) in [7, 11) is 0. The summed E-state index contributed by atoms with van der Waals surface area (Å²) >= 11 is 6.45. The summed E-state index contributed by atoms with van der Waals surface area (Å²) in [6.45, 7) is -0.382. The van der Waals surface area contributed by atoms with Crippen LogP contribution >= 0.6 is 31.9 Å². The van der Waals surface area contributed by atoms with Crippen molar-refractivity contribution in [1.82, 2.24) is 0 Å². The van der Waals surface area contributed by atoms with Crippen LogP contribution in [0.4, 0.5) is 33.7 Å². The van der Waals surface area contributed by atoms with Crippen LogP contribution in [0.5, 0.6) is 5.75 Å². The van der Waals surface area contributed by atoms with Crippen molar-refractivity contribution < 1.29 is 32.2 Å². The molecule has 3 N–H and O–H groups in total. The minimum absolute atomic E-state index is 0.245. The van der Waals surface area contributed by atoms with Crippen LogP contribution in [-0.4, -0.2) is 17.5 Å². The fourth-order valence-electron chi connectivity index (χ4n) is 1.99. The highest BCUT2D eigenvalue weighted by Crippen LogP contribution is 2.30. The summed E-state index contributed by atoms with van der Waals surface area (Å²) in [6.07, 6.45) is -4.99. The molecule has 2 amide bonds. The van der Waals surface area contributed by atoms with Gasteiger partial charge in [0.05, 0.1) is 12.3 Å². The normalized spacial score (nSPS) is 11.2. The molecule has 0 aliphatic carbocycles. The van der Waals surface area contributed by atoms with Gasteiger partial charge in [0.1, 0.15) is 11.6 Å². The number of halogens is 6. The smallest absolute Gasteiger partial charge is 0.406 e. The first-order valence-corrected chi connectivity index (χ1v) is 8.39. The minimum Gasteiger partial charge on any atom is -0.406 e. The molecule has 0 saturated heterocycles. The van der Waals surface area contributed by atoms with E-state index in [0.29, 0.717) is 20.6 Å². The van der Waals surface area contributed by atoms with Crippen molar-refractivity contribution in [1.29, 1.82) is 0 Å². The molecule has 0 aliphatic rings. The van der Waals surface area contributed by atoms with Crippen LogP contribution < -0.4 is 15.4 Å². The maximum absolute atomic E-state index is 13.4. The molecule has 11 heteroatoms. The molecule has 0 bridgehead atoms. The van der Waals surface area contributed by atoms with Crippen LogP contribution in [-0.2, 0) is 6.61 Å². The summed E-state index contributed by atoms with van der Waals surface area (Å²) in [5.41, 5.74) is 0.375. The molecule has 0 radical (unpaired) electrons. The lowest BCUT2D eigenvalue weighted by Gasteiger charge is -2.14. The van der Waals surface area contributed by atoms with Crippen LogP contribution in [0, 0.1) is 5.82 Å². The van der Waals surface area contributed by atoms with Gasteiger partial charge in [0.2, 0.25) is 0 Å². The summed E-state index contributed by atoms with van der Waals surface area (Å²) in [5.74, 6) is -1.84. The molecule has 0 saturated carbocycles. The number of carbonyl (C=O) groups excluding carboxylic acids is 1. The van der Waals surface area contributed by atoms with Gasteiger partial charge in [0, 0.05) is 32.3 Å². The molecular weight excluding hydrogens is 492 g/mol. The number of ether oxygens (including phenoxy) is 1. The van der Waals surface area contributed by atoms with E-state index in [0.717, 1.165) is 12.1 Å². The Morgan fingerprint density at radius 1 is 1.12 bits per heavy atom. The lowest BCUT2D eigenvalue weighted by atomic mass is 10.2. The monoisotopic (exact) mass is 500 g/mol. The maximum atomic E-state index is 13.4. The predicted octanol–water partition coefficient (Wildman–Crippen LogP) is 5.39. The van der Waals surface area contributed by atoms with Crippen molar-refractivity contribution in [2.24, 2.45) is 0 Å². The summed E-state index contributed by atoms with van der Waals surface area (Å²) < 4.78 is 54.9. The number of amides is 2. The predicted molar refractivity (Wildman–Crippen MR) is 93.5 cm³/mol. The van der Waals surface area contributed by atoms with E-state index in [2.05, 4.69) is 47.2 Å². The quantitative estimate of drug-likeness (QED) is 0.492. The Morgan fingerprint density at radius 3 is 2.42 bits per heavy atom. The Balaban J connectivity index is 2.18. The van der Waals surface area contributed by atoms with Gasteiger partial charge in [-0.2, -0.15) is 0 Å². The van der Waals surface area contributed by atoms with Gasteiger partial charge in [-0.1, -0.05) is 31.9 Å². The van der Waals surface area contributed by atoms with Crippen molar-refractivity contribution >= 4 is 49.3 Å². The number of hydrogen-bond acceptors (Lipinski definition) is 3. The molecule has 140 valence electrons. The number of benzene rings is 2. The zero-order chi connectivity index (χ0) is 19.5. The number of nitrogens with one attached hydrogen (secondary N) is 2. The first-order valence-electron chi connectivity index (χ1n) is 6.80. The Hall–Kier alpha value is -1.85. The van der Waals surface area contributed by atoms with Crippen molar-refractivity contribution in [3.05, 3.63) is 50.7 Å². The first kappa shape index (κ1) is 20.5. The number of alkyl halides is 3. The summed E-state index contributed by atoms with van der Waals surface area (Å²) in [4.78, 5) is 12.1. The van der Waals surface area contributed by atoms with Crippen LogP contribution in [0.15, 0.2) is 39.3 Å². The van der Waals surface area contributed by atoms with E-state index >= 15 is 0 Å².